The fourth-order valence-electron chi connectivity index (χ4n) is 0.650. The Balaban J connectivity index is 4.12. The molecule has 0 aromatic heterocycles. The van der Waals surface area contributed by atoms with Crippen LogP contribution in [0.3, 0.4) is 0 Å². The van der Waals surface area contributed by atoms with Gasteiger partial charge in [-0.15, -0.1) is 0 Å². The first-order chi connectivity index (χ1) is 6.13. The molecular weight excluding hydrogens is 188 g/mol. The number of hydrogen-bond acceptors (Lipinski definition) is 5. The third-order valence-electron chi connectivity index (χ3n) is 1.23. The van der Waals surface area contributed by atoms with Crippen molar-refractivity contribution in [3.8, 4) is 5.40 Å². The number of thioether (sulfide) groups is 1. The fraction of sp³-hybridized carbons (Fsp3) is 0.500. The first kappa shape index (κ1) is 12.0. The SMILES string of the molecule is C=CCOC(=O)C(SC#N)C(C)N. The zero-order valence-electron chi connectivity index (χ0n) is 7.40. The van der Waals surface area contributed by atoms with Crippen LogP contribution in [0.15, 0.2) is 12.7 Å². The largest absolute Gasteiger partial charge is 0.461 e. The van der Waals surface area contributed by atoms with E-state index in [1.807, 2.05) is 5.40 Å². The van der Waals surface area contributed by atoms with Crippen LogP contribution >= 0.6 is 11.8 Å². The van der Waals surface area contributed by atoms with E-state index >= 15 is 0 Å². The van der Waals surface area contributed by atoms with Gasteiger partial charge < -0.3 is 10.5 Å². The van der Waals surface area contributed by atoms with E-state index < -0.39 is 17.3 Å². The summed E-state index contributed by atoms with van der Waals surface area (Å²) in [7, 11) is 0. The van der Waals surface area contributed by atoms with Gasteiger partial charge in [-0.1, -0.05) is 12.7 Å². The van der Waals surface area contributed by atoms with Gasteiger partial charge in [0.2, 0.25) is 0 Å². The number of thiocyanates is 1. The second kappa shape index (κ2) is 6.52. The number of nitrogens with zero attached hydrogens (tertiary/aromatic N) is 1. The van der Waals surface area contributed by atoms with Gasteiger partial charge in [-0.05, 0) is 18.7 Å². The molecule has 0 spiro atoms. The highest BCUT2D eigenvalue weighted by molar-refractivity contribution is 8.05. The van der Waals surface area contributed by atoms with Crippen LogP contribution in [0.25, 0.3) is 0 Å². The molecule has 0 saturated carbocycles. The Hall–Kier alpha value is -0.990. The molecule has 0 heterocycles. The molecule has 2 N–H and O–H groups in total. The lowest BCUT2D eigenvalue weighted by atomic mass is 10.2. The van der Waals surface area contributed by atoms with Gasteiger partial charge >= 0.3 is 5.97 Å². The Labute approximate surface area is 81.7 Å². The third kappa shape index (κ3) is 4.55. The molecule has 0 bridgehead atoms. The summed E-state index contributed by atoms with van der Waals surface area (Å²) in [4.78, 5) is 11.2. The maximum Gasteiger partial charge on any atom is 0.322 e. The molecular formula is C8H12N2O2S. The number of nitriles is 1. The average Bonchev–Trinajstić information content (AvgIpc) is 2.09. The Morgan fingerprint density at radius 3 is 2.92 bits per heavy atom. The molecule has 2 unspecified atom stereocenters. The highest BCUT2D eigenvalue weighted by Crippen LogP contribution is 2.13. The highest BCUT2D eigenvalue weighted by atomic mass is 32.2. The van der Waals surface area contributed by atoms with E-state index in [1.54, 1.807) is 6.92 Å². The maximum atomic E-state index is 11.2. The number of hydrogen-bond donors (Lipinski definition) is 1. The van der Waals surface area contributed by atoms with Gasteiger partial charge in [0, 0.05) is 6.04 Å². The van der Waals surface area contributed by atoms with Gasteiger partial charge in [-0.3, -0.25) is 4.79 Å². The Morgan fingerprint density at radius 1 is 1.92 bits per heavy atom. The molecule has 0 radical (unpaired) electrons. The van der Waals surface area contributed by atoms with Gasteiger partial charge in [0.1, 0.15) is 17.3 Å². The summed E-state index contributed by atoms with van der Waals surface area (Å²) in [5, 5.41) is 9.59. The molecule has 0 aromatic rings. The normalized spacial score (nSPS) is 13.9. The molecule has 0 amide bonds. The zero-order valence-corrected chi connectivity index (χ0v) is 8.21. The van der Waals surface area contributed by atoms with Crippen molar-refractivity contribution >= 4 is 17.7 Å². The molecule has 5 heteroatoms. The maximum absolute atomic E-state index is 11.2. The molecule has 72 valence electrons. The molecule has 13 heavy (non-hydrogen) atoms. The molecule has 2 atom stereocenters. The minimum Gasteiger partial charge on any atom is -0.461 e. The lowest BCUT2D eigenvalue weighted by molar-refractivity contribution is -0.142. The van der Waals surface area contributed by atoms with Crippen molar-refractivity contribution in [3.63, 3.8) is 0 Å². The van der Waals surface area contributed by atoms with Gasteiger partial charge in [0.15, 0.2) is 0 Å². The van der Waals surface area contributed by atoms with Crippen LogP contribution < -0.4 is 5.73 Å². The number of rotatable bonds is 5. The van der Waals surface area contributed by atoms with E-state index in [9.17, 15) is 4.79 Å². The van der Waals surface area contributed by atoms with Crippen molar-refractivity contribution in [1.29, 1.82) is 5.26 Å². The van der Waals surface area contributed by atoms with Crippen molar-refractivity contribution in [2.24, 2.45) is 5.73 Å². The quantitative estimate of drug-likeness (QED) is 0.400. The summed E-state index contributed by atoms with van der Waals surface area (Å²) in [5.41, 5.74) is 5.50. The van der Waals surface area contributed by atoms with Gasteiger partial charge in [-0.2, -0.15) is 5.26 Å². The Morgan fingerprint density at radius 2 is 2.54 bits per heavy atom. The van der Waals surface area contributed by atoms with E-state index in [0.29, 0.717) is 0 Å². The standard InChI is InChI=1S/C8H12N2O2S/c1-3-4-12-8(11)7(6(2)10)13-5-9/h3,6-7H,1,4,10H2,2H3. The summed E-state index contributed by atoms with van der Waals surface area (Å²) in [6, 6.07) is -0.401. The summed E-state index contributed by atoms with van der Waals surface area (Å²) in [6.07, 6.45) is 1.47. The van der Waals surface area contributed by atoms with Crippen LogP contribution in [0.2, 0.25) is 0 Å². The van der Waals surface area contributed by atoms with Crippen LogP contribution in [0, 0.1) is 10.7 Å². The summed E-state index contributed by atoms with van der Waals surface area (Å²) in [5.74, 6) is -0.471. The van der Waals surface area contributed by atoms with Crippen molar-refractivity contribution in [1.82, 2.24) is 0 Å². The van der Waals surface area contributed by atoms with Gasteiger partial charge in [0.25, 0.3) is 0 Å². The predicted octanol–water partition coefficient (Wildman–Crippen LogP) is 0.646. The first-order valence-electron chi connectivity index (χ1n) is 3.71. The summed E-state index contributed by atoms with van der Waals surface area (Å²) < 4.78 is 4.76. The van der Waals surface area contributed by atoms with E-state index in [4.69, 9.17) is 15.7 Å². The number of esters is 1. The molecule has 0 fully saturated rings. The van der Waals surface area contributed by atoms with Crippen LogP contribution in [0.1, 0.15) is 6.92 Å². The summed E-state index contributed by atoms with van der Waals surface area (Å²) in [6.45, 7) is 5.21. The molecule has 0 aliphatic carbocycles. The molecule has 0 saturated heterocycles. The fourth-order valence-corrected chi connectivity index (χ4v) is 1.14. The van der Waals surface area contributed by atoms with E-state index in [1.165, 1.54) is 6.08 Å². The molecule has 0 aromatic carbocycles. The Bertz CT molecular complexity index is 223. The van der Waals surface area contributed by atoms with Crippen molar-refractivity contribution in [3.05, 3.63) is 12.7 Å². The molecule has 4 nitrogen and oxygen atoms in total. The summed E-state index contributed by atoms with van der Waals surface area (Å²) >= 11 is 0.815. The number of carbonyl (C=O) groups is 1. The minimum absolute atomic E-state index is 0.147. The lowest BCUT2D eigenvalue weighted by Crippen LogP contribution is -2.36. The van der Waals surface area contributed by atoms with Gasteiger partial charge in [0.05, 0.1) is 0 Å². The number of carbonyl (C=O) groups excluding carboxylic acids is 1. The molecule has 0 rings (SSSR count). The number of ether oxygens (including phenoxy) is 1. The van der Waals surface area contributed by atoms with E-state index in [0.717, 1.165) is 11.8 Å². The monoisotopic (exact) mass is 200 g/mol. The predicted molar refractivity (Wildman–Crippen MR) is 51.8 cm³/mol. The smallest absolute Gasteiger partial charge is 0.322 e. The zero-order chi connectivity index (χ0) is 10.3. The number of nitrogens with two attached hydrogens (primary N) is 1. The van der Waals surface area contributed by atoms with Crippen molar-refractivity contribution < 1.29 is 9.53 Å². The van der Waals surface area contributed by atoms with Crippen LogP contribution in [-0.2, 0) is 9.53 Å². The lowest BCUT2D eigenvalue weighted by Gasteiger charge is -2.14. The molecule has 0 aliphatic rings. The first-order valence-corrected chi connectivity index (χ1v) is 4.59. The highest BCUT2D eigenvalue weighted by Gasteiger charge is 2.24. The topological polar surface area (TPSA) is 76.1 Å². The van der Waals surface area contributed by atoms with Gasteiger partial charge in [-0.25, -0.2) is 0 Å². The van der Waals surface area contributed by atoms with E-state index in [2.05, 4.69) is 6.58 Å². The van der Waals surface area contributed by atoms with Crippen LogP contribution in [0.4, 0.5) is 0 Å². The second-order valence-electron chi connectivity index (χ2n) is 2.41. The van der Waals surface area contributed by atoms with E-state index in [-0.39, 0.29) is 6.61 Å². The van der Waals surface area contributed by atoms with Crippen molar-refractivity contribution in [2.45, 2.75) is 18.2 Å². The minimum atomic E-state index is -0.620. The second-order valence-corrected chi connectivity index (χ2v) is 3.33. The molecule has 0 aliphatic heterocycles. The van der Waals surface area contributed by atoms with Crippen LogP contribution in [0.5, 0.6) is 0 Å². The van der Waals surface area contributed by atoms with Crippen molar-refractivity contribution in [2.75, 3.05) is 6.61 Å². The third-order valence-corrected chi connectivity index (χ3v) is 2.21. The van der Waals surface area contributed by atoms with Crippen LogP contribution in [-0.4, -0.2) is 23.9 Å². The Kier molecular flexibility index (Phi) is 6.02. The average molecular weight is 200 g/mol.